The molecule has 1 aromatic carbocycles. The third-order valence-corrected chi connectivity index (χ3v) is 13.9. The molecule has 0 unspecified atom stereocenters. The quantitative estimate of drug-likeness (QED) is 0.148. The van der Waals surface area contributed by atoms with E-state index < -0.39 is 26.1 Å². The molecule has 39 heavy (non-hydrogen) atoms. The molecule has 5 aliphatic rings. The molecule has 7 nitrogen and oxygen atoms in total. The van der Waals surface area contributed by atoms with Crippen molar-refractivity contribution in [3.05, 3.63) is 35.4 Å². The van der Waals surface area contributed by atoms with Crippen LogP contribution in [0.4, 0.5) is 0 Å². The van der Waals surface area contributed by atoms with Crippen LogP contribution in [0.3, 0.4) is 0 Å². The summed E-state index contributed by atoms with van der Waals surface area (Å²) in [4.78, 5) is 40.8. The fourth-order valence-electron chi connectivity index (χ4n) is 6.74. The molecule has 1 aromatic rings. The average Bonchev–Trinajstić information content (AvgIpc) is 3.16. The number of benzene rings is 1. The minimum atomic E-state index is -2.00. The second-order valence-corrected chi connectivity index (χ2v) is 18.2. The van der Waals surface area contributed by atoms with Gasteiger partial charge in [-0.25, -0.2) is 4.79 Å². The average molecular weight is 554 g/mol. The van der Waals surface area contributed by atoms with Crippen LogP contribution < -0.4 is 4.43 Å². The van der Waals surface area contributed by atoms with Crippen molar-refractivity contribution in [1.82, 2.24) is 5.06 Å². The second kappa shape index (κ2) is 10.8. The Labute approximate surface area is 233 Å². The number of carbonyl (C=O) groups excluding carboxylic acids is 3. The van der Waals surface area contributed by atoms with Crippen LogP contribution in [0.15, 0.2) is 29.8 Å². The Balaban J connectivity index is 1.32. The summed E-state index contributed by atoms with van der Waals surface area (Å²) in [6.07, 6.45) is 7.08. The lowest BCUT2D eigenvalue weighted by Gasteiger charge is -2.51. The lowest BCUT2D eigenvalue weighted by molar-refractivity contribution is -0.197. The summed E-state index contributed by atoms with van der Waals surface area (Å²) in [7, 11) is -2.00. The van der Waals surface area contributed by atoms with Gasteiger partial charge in [-0.15, -0.1) is 5.06 Å². The first-order valence-electron chi connectivity index (χ1n) is 14.6. The van der Waals surface area contributed by atoms with E-state index in [0.717, 1.165) is 28.9 Å². The van der Waals surface area contributed by atoms with Gasteiger partial charge in [-0.2, -0.15) is 0 Å². The van der Waals surface area contributed by atoms with Crippen LogP contribution in [-0.4, -0.2) is 37.8 Å². The number of imide groups is 1. The molecular formula is C31H43NO6Si. The van der Waals surface area contributed by atoms with Crippen LogP contribution in [0.2, 0.25) is 18.1 Å². The maximum absolute atomic E-state index is 12.3. The highest BCUT2D eigenvalue weighted by Crippen LogP contribution is 2.58. The molecule has 5 fully saturated rings. The summed E-state index contributed by atoms with van der Waals surface area (Å²) in [6, 6.07) is 8.34. The highest BCUT2D eigenvalue weighted by atomic mass is 28.4. The maximum atomic E-state index is 12.3. The molecule has 0 atom stereocenters. The Kier molecular flexibility index (Phi) is 7.70. The van der Waals surface area contributed by atoms with Crippen molar-refractivity contribution in [3.63, 3.8) is 0 Å². The van der Waals surface area contributed by atoms with Gasteiger partial charge in [-0.05, 0) is 98.0 Å². The van der Waals surface area contributed by atoms with Crippen molar-refractivity contribution in [2.45, 2.75) is 96.7 Å². The number of ether oxygens (including phenoxy) is 1. The molecule has 8 heteroatoms. The molecule has 0 radical (unpaired) electrons. The van der Waals surface area contributed by atoms with Crippen molar-refractivity contribution >= 4 is 31.9 Å². The number of hydrogen-bond acceptors (Lipinski definition) is 6. The Morgan fingerprint density at radius 1 is 0.974 bits per heavy atom. The van der Waals surface area contributed by atoms with Gasteiger partial charge in [0, 0.05) is 18.4 Å². The van der Waals surface area contributed by atoms with E-state index in [0.29, 0.717) is 29.9 Å². The third-order valence-electron chi connectivity index (χ3n) is 9.53. The van der Waals surface area contributed by atoms with E-state index in [9.17, 15) is 14.4 Å². The molecule has 1 aliphatic heterocycles. The lowest BCUT2D eigenvalue weighted by atomic mass is 9.54. The van der Waals surface area contributed by atoms with Gasteiger partial charge in [0.1, 0.15) is 11.5 Å². The molecule has 4 saturated carbocycles. The first-order valence-corrected chi connectivity index (χ1v) is 17.5. The van der Waals surface area contributed by atoms with Gasteiger partial charge in [0.25, 0.3) is 11.8 Å². The highest BCUT2D eigenvalue weighted by molar-refractivity contribution is 6.74. The molecule has 4 aliphatic carbocycles. The van der Waals surface area contributed by atoms with Crippen molar-refractivity contribution in [2.75, 3.05) is 6.61 Å². The minimum Gasteiger partial charge on any atom is -0.543 e. The topological polar surface area (TPSA) is 82.1 Å². The van der Waals surface area contributed by atoms with Crippen molar-refractivity contribution in [1.29, 1.82) is 0 Å². The summed E-state index contributed by atoms with van der Waals surface area (Å²) in [6.45, 7) is 11.6. The summed E-state index contributed by atoms with van der Waals surface area (Å²) >= 11 is 0. The summed E-state index contributed by atoms with van der Waals surface area (Å²) in [5.41, 5.74) is 2.51. The predicted octanol–water partition coefficient (Wildman–Crippen LogP) is 6.64. The number of allylic oxidation sites excluding steroid dienone is 1. The number of hydrogen-bond donors (Lipinski definition) is 0. The largest absolute Gasteiger partial charge is 0.543 e. The van der Waals surface area contributed by atoms with Crippen molar-refractivity contribution < 1.29 is 28.4 Å². The van der Waals surface area contributed by atoms with Crippen LogP contribution in [0, 0.1) is 23.7 Å². The Bertz CT molecular complexity index is 1120. The molecule has 0 spiro atoms. The van der Waals surface area contributed by atoms with Crippen LogP contribution in [0.1, 0.15) is 84.1 Å². The molecule has 0 N–H and O–H groups in total. The first kappa shape index (κ1) is 27.9. The molecule has 2 amide bonds. The first-order chi connectivity index (χ1) is 18.4. The number of hydroxylamine groups is 2. The van der Waals surface area contributed by atoms with Gasteiger partial charge in [-0.3, -0.25) is 9.59 Å². The van der Waals surface area contributed by atoms with Gasteiger partial charge in [-0.1, -0.05) is 32.9 Å². The highest BCUT2D eigenvalue weighted by Gasteiger charge is 2.47. The van der Waals surface area contributed by atoms with Gasteiger partial charge in [0.2, 0.25) is 8.32 Å². The van der Waals surface area contributed by atoms with E-state index in [2.05, 4.69) is 52.1 Å². The number of carbonyl (C=O) groups is 3. The Hall–Kier alpha value is -2.61. The van der Waals surface area contributed by atoms with E-state index >= 15 is 0 Å². The SMILES string of the molecule is CC(C)(C)[Si](C)(C)Oc1cccc(C(OCCCC(=O)ON2C(=O)CCC2=O)=C2C3CC4CC(C3)CC2C4)c1. The van der Waals surface area contributed by atoms with Gasteiger partial charge in [0.15, 0.2) is 0 Å². The second-order valence-electron chi connectivity index (χ2n) is 13.5. The van der Waals surface area contributed by atoms with Gasteiger partial charge < -0.3 is 14.0 Å². The monoisotopic (exact) mass is 553 g/mol. The van der Waals surface area contributed by atoms with E-state index in [1.165, 1.54) is 37.7 Å². The van der Waals surface area contributed by atoms with Crippen LogP contribution in [-0.2, 0) is 24.0 Å². The van der Waals surface area contributed by atoms with E-state index in [1.54, 1.807) is 0 Å². The maximum Gasteiger partial charge on any atom is 0.333 e. The van der Waals surface area contributed by atoms with Crippen molar-refractivity contribution in [2.24, 2.45) is 23.7 Å². The normalized spacial score (nSPS) is 26.3. The Morgan fingerprint density at radius 3 is 2.18 bits per heavy atom. The molecule has 4 bridgehead atoms. The molecule has 1 saturated heterocycles. The zero-order valence-electron chi connectivity index (χ0n) is 24.1. The predicted molar refractivity (Wildman–Crippen MR) is 151 cm³/mol. The molecular weight excluding hydrogens is 510 g/mol. The summed E-state index contributed by atoms with van der Waals surface area (Å²) in [5, 5.41) is 0.708. The molecule has 212 valence electrons. The van der Waals surface area contributed by atoms with E-state index in [4.69, 9.17) is 14.0 Å². The fourth-order valence-corrected chi connectivity index (χ4v) is 7.76. The van der Waals surface area contributed by atoms with Crippen LogP contribution >= 0.6 is 0 Å². The lowest BCUT2D eigenvalue weighted by Crippen LogP contribution is -2.43. The zero-order valence-corrected chi connectivity index (χ0v) is 25.1. The standard InChI is InChI=1S/C31H43NO6Si/c1-31(2,3)39(4,5)38-25-9-6-8-22(19-25)30(29-23-15-20-14-21(17-23)18-24(29)16-20)36-13-7-10-28(35)37-32-26(33)11-12-27(32)34/h6,8-9,19-21,23-24H,7,10-18H2,1-5H3. The summed E-state index contributed by atoms with van der Waals surface area (Å²) in [5.74, 6) is 3.16. The molecule has 0 aromatic heterocycles. The summed E-state index contributed by atoms with van der Waals surface area (Å²) < 4.78 is 13.2. The third kappa shape index (κ3) is 5.96. The number of rotatable bonds is 9. The van der Waals surface area contributed by atoms with Crippen LogP contribution in [0.25, 0.3) is 5.76 Å². The van der Waals surface area contributed by atoms with Crippen molar-refractivity contribution in [3.8, 4) is 5.75 Å². The number of nitrogens with zero attached hydrogens (tertiary/aromatic N) is 1. The fraction of sp³-hybridized carbons (Fsp3) is 0.645. The molecule has 1 heterocycles. The molecule has 6 rings (SSSR count). The number of amides is 2. The minimum absolute atomic E-state index is 0.0746. The van der Waals surface area contributed by atoms with Gasteiger partial charge >= 0.3 is 5.97 Å². The zero-order chi connectivity index (χ0) is 27.9. The van der Waals surface area contributed by atoms with E-state index in [1.807, 2.05) is 6.07 Å². The van der Waals surface area contributed by atoms with Gasteiger partial charge in [0.05, 0.1) is 13.0 Å². The van der Waals surface area contributed by atoms with Crippen LogP contribution in [0.5, 0.6) is 5.75 Å². The Morgan fingerprint density at radius 2 is 1.59 bits per heavy atom. The van der Waals surface area contributed by atoms with E-state index in [-0.39, 0.29) is 24.3 Å². The smallest absolute Gasteiger partial charge is 0.333 e.